The summed E-state index contributed by atoms with van der Waals surface area (Å²) in [7, 11) is 0. The first-order valence-corrected chi connectivity index (χ1v) is 6.75. The summed E-state index contributed by atoms with van der Waals surface area (Å²) in [5, 5.41) is 3.17. The lowest BCUT2D eigenvalue weighted by Gasteiger charge is -2.32. The highest BCUT2D eigenvalue weighted by atomic mass is 32.2. The van der Waals surface area contributed by atoms with Crippen molar-refractivity contribution in [2.24, 2.45) is 0 Å². The number of hydrogen-bond acceptors (Lipinski definition) is 4. The molecule has 0 aliphatic carbocycles. The Bertz CT molecular complexity index is 448. The number of thioether (sulfide) groups is 1. The van der Waals surface area contributed by atoms with Crippen LogP contribution in [0.3, 0.4) is 0 Å². The van der Waals surface area contributed by atoms with Crippen LogP contribution in [0.2, 0.25) is 0 Å². The first kappa shape index (κ1) is 10.8. The monoisotopic (exact) mass is 248 g/mol. The molecule has 17 heavy (non-hydrogen) atoms. The van der Waals surface area contributed by atoms with Gasteiger partial charge < -0.3 is 0 Å². The topological polar surface area (TPSA) is 40.6 Å². The maximum Gasteiger partial charge on any atom is 0.276 e. The standard InChI is InChI=1S/C12H12N2O2S/c15-11-9-3-1-2-4-10(9)12(16)14(11)13-5-7-17-8-6-13/h1-4H,5-8H2. The highest BCUT2D eigenvalue weighted by molar-refractivity contribution is 7.99. The first-order chi connectivity index (χ1) is 8.29. The Kier molecular flexibility index (Phi) is 2.64. The zero-order valence-corrected chi connectivity index (χ0v) is 10.1. The van der Waals surface area contributed by atoms with Gasteiger partial charge in [0.25, 0.3) is 11.8 Å². The highest BCUT2D eigenvalue weighted by Gasteiger charge is 2.39. The number of carbonyl (C=O) groups is 2. The van der Waals surface area contributed by atoms with Crippen molar-refractivity contribution in [3.05, 3.63) is 35.4 Å². The third-order valence-corrected chi connectivity index (χ3v) is 3.99. The number of hydrazine groups is 1. The van der Waals surface area contributed by atoms with Crippen molar-refractivity contribution in [1.82, 2.24) is 10.0 Å². The van der Waals surface area contributed by atoms with Crippen molar-refractivity contribution in [3.8, 4) is 0 Å². The Morgan fingerprint density at radius 2 is 1.47 bits per heavy atom. The fourth-order valence-corrected chi connectivity index (χ4v) is 3.07. The molecule has 0 bridgehead atoms. The number of nitrogens with zero attached hydrogens (tertiary/aromatic N) is 2. The quantitative estimate of drug-likeness (QED) is 0.701. The van der Waals surface area contributed by atoms with Crippen molar-refractivity contribution >= 4 is 23.6 Å². The minimum atomic E-state index is -0.183. The van der Waals surface area contributed by atoms with E-state index in [9.17, 15) is 9.59 Å². The number of imide groups is 1. The molecule has 0 unspecified atom stereocenters. The van der Waals surface area contributed by atoms with Crippen LogP contribution in [0.5, 0.6) is 0 Å². The van der Waals surface area contributed by atoms with Gasteiger partial charge in [-0.25, -0.2) is 10.0 Å². The van der Waals surface area contributed by atoms with Gasteiger partial charge in [-0.15, -0.1) is 0 Å². The summed E-state index contributed by atoms with van der Waals surface area (Å²) in [5.41, 5.74) is 1.05. The van der Waals surface area contributed by atoms with Crippen molar-refractivity contribution in [2.75, 3.05) is 24.6 Å². The SMILES string of the molecule is O=C1c2ccccc2C(=O)N1N1CCSCC1. The molecule has 1 aromatic carbocycles. The van der Waals surface area contributed by atoms with Crippen LogP contribution in [-0.4, -0.2) is 46.4 Å². The molecule has 88 valence electrons. The molecule has 0 spiro atoms. The molecule has 2 amide bonds. The second kappa shape index (κ2) is 4.16. The lowest BCUT2D eigenvalue weighted by atomic mass is 10.1. The van der Waals surface area contributed by atoms with Gasteiger partial charge in [0.1, 0.15) is 0 Å². The maximum atomic E-state index is 12.2. The predicted octanol–water partition coefficient (Wildman–Crippen LogP) is 1.25. The van der Waals surface area contributed by atoms with E-state index in [4.69, 9.17) is 0 Å². The van der Waals surface area contributed by atoms with E-state index in [1.807, 2.05) is 16.8 Å². The molecule has 0 aromatic heterocycles. The van der Waals surface area contributed by atoms with Crippen LogP contribution in [0.25, 0.3) is 0 Å². The van der Waals surface area contributed by atoms with E-state index in [2.05, 4.69) is 0 Å². The van der Waals surface area contributed by atoms with Gasteiger partial charge in [-0.2, -0.15) is 11.8 Å². The molecule has 2 aliphatic heterocycles. The Morgan fingerprint density at radius 3 is 2.00 bits per heavy atom. The summed E-state index contributed by atoms with van der Waals surface area (Å²) in [6.07, 6.45) is 0. The van der Waals surface area contributed by atoms with Gasteiger partial charge in [0.15, 0.2) is 0 Å². The second-order valence-corrected chi connectivity index (χ2v) is 5.26. The van der Waals surface area contributed by atoms with Gasteiger partial charge in [0.05, 0.1) is 11.1 Å². The fraction of sp³-hybridized carbons (Fsp3) is 0.333. The molecule has 3 rings (SSSR count). The molecule has 1 saturated heterocycles. The zero-order chi connectivity index (χ0) is 11.8. The highest BCUT2D eigenvalue weighted by Crippen LogP contribution is 2.25. The summed E-state index contributed by atoms with van der Waals surface area (Å²) >= 11 is 1.85. The molecule has 0 atom stereocenters. The van der Waals surface area contributed by atoms with Gasteiger partial charge in [-0.3, -0.25) is 9.59 Å². The average Bonchev–Trinajstić information content (AvgIpc) is 2.64. The van der Waals surface area contributed by atoms with Gasteiger partial charge in [-0.05, 0) is 12.1 Å². The minimum Gasteiger partial charge on any atom is -0.267 e. The summed E-state index contributed by atoms with van der Waals surface area (Å²) in [6.45, 7) is 1.52. The van der Waals surface area contributed by atoms with Crippen molar-refractivity contribution < 1.29 is 9.59 Å². The lowest BCUT2D eigenvalue weighted by molar-refractivity contribution is 0.00603. The fourth-order valence-electron chi connectivity index (χ4n) is 2.19. The molecule has 2 aliphatic rings. The summed E-state index contributed by atoms with van der Waals surface area (Å²) in [4.78, 5) is 24.3. The number of rotatable bonds is 1. The Balaban J connectivity index is 1.94. The molecule has 5 heteroatoms. The van der Waals surface area contributed by atoms with E-state index in [0.29, 0.717) is 11.1 Å². The van der Waals surface area contributed by atoms with Crippen molar-refractivity contribution in [3.63, 3.8) is 0 Å². The molecular weight excluding hydrogens is 236 g/mol. The number of amides is 2. The summed E-state index contributed by atoms with van der Waals surface area (Å²) in [5.74, 6) is 1.57. The van der Waals surface area contributed by atoms with E-state index in [1.165, 1.54) is 5.01 Å². The normalized spacial score (nSPS) is 20.8. The second-order valence-electron chi connectivity index (χ2n) is 4.03. The molecule has 4 nitrogen and oxygen atoms in total. The smallest absolute Gasteiger partial charge is 0.267 e. The Hall–Kier alpha value is -1.33. The third kappa shape index (κ3) is 1.66. The summed E-state index contributed by atoms with van der Waals surface area (Å²) in [6, 6.07) is 7.02. The molecule has 0 N–H and O–H groups in total. The number of benzene rings is 1. The Morgan fingerprint density at radius 1 is 0.941 bits per heavy atom. The van der Waals surface area contributed by atoms with Crippen molar-refractivity contribution in [2.45, 2.75) is 0 Å². The average molecular weight is 248 g/mol. The van der Waals surface area contributed by atoms with Gasteiger partial charge in [-0.1, -0.05) is 12.1 Å². The molecule has 0 saturated carbocycles. The number of hydrogen-bond donors (Lipinski definition) is 0. The Labute approximate surface area is 104 Å². The first-order valence-electron chi connectivity index (χ1n) is 5.59. The van der Waals surface area contributed by atoms with Gasteiger partial charge in [0.2, 0.25) is 0 Å². The minimum absolute atomic E-state index is 0.183. The maximum absolute atomic E-state index is 12.2. The van der Waals surface area contributed by atoms with Crippen LogP contribution < -0.4 is 0 Å². The van der Waals surface area contributed by atoms with Gasteiger partial charge >= 0.3 is 0 Å². The summed E-state index contributed by atoms with van der Waals surface area (Å²) < 4.78 is 0. The van der Waals surface area contributed by atoms with Crippen LogP contribution in [0.1, 0.15) is 20.7 Å². The lowest BCUT2D eigenvalue weighted by Crippen LogP contribution is -2.49. The molecule has 1 fully saturated rings. The van der Waals surface area contributed by atoms with E-state index in [0.717, 1.165) is 24.6 Å². The molecule has 2 heterocycles. The van der Waals surface area contributed by atoms with Crippen LogP contribution in [-0.2, 0) is 0 Å². The predicted molar refractivity (Wildman–Crippen MR) is 65.8 cm³/mol. The number of carbonyl (C=O) groups excluding carboxylic acids is 2. The van der Waals surface area contributed by atoms with Gasteiger partial charge in [0, 0.05) is 24.6 Å². The van der Waals surface area contributed by atoms with Crippen LogP contribution in [0, 0.1) is 0 Å². The van der Waals surface area contributed by atoms with Crippen LogP contribution >= 0.6 is 11.8 Å². The molecule has 1 aromatic rings. The molecular formula is C12H12N2O2S. The van der Waals surface area contributed by atoms with Crippen molar-refractivity contribution in [1.29, 1.82) is 0 Å². The number of fused-ring (bicyclic) bond motifs is 1. The van der Waals surface area contributed by atoms with E-state index >= 15 is 0 Å². The third-order valence-electron chi connectivity index (χ3n) is 3.04. The van der Waals surface area contributed by atoms with Crippen LogP contribution in [0.15, 0.2) is 24.3 Å². The van der Waals surface area contributed by atoms with E-state index < -0.39 is 0 Å². The molecule has 0 radical (unpaired) electrons. The largest absolute Gasteiger partial charge is 0.276 e. The van der Waals surface area contributed by atoms with Crippen LogP contribution in [0.4, 0.5) is 0 Å². The zero-order valence-electron chi connectivity index (χ0n) is 9.26. The van der Waals surface area contributed by atoms with E-state index in [1.54, 1.807) is 24.3 Å². The van der Waals surface area contributed by atoms with E-state index in [-0.39, 0.29) is 11.8 Å².